The molecule has 5 heteroatoms. The Bertz CT molecular complexity index is 820. The van der Waals surface area contributed by atoms with Gasteiger partial charge in [0.15, 0.2) is 0 Å². The number of piperazine rings is 1. The van der Waals surface area contributed by atoms with E-state index in [1.54, 1.807) is 23.5 Å². The molecule has 23 heavy (non-hydrogen) atoms. The summed E-state index contributed by atoms with van der Waals surface area (Å²) in [5.74, 6) is 1.37. The van der Waals surface area contributed by atoms with Crippen LogP contribution < -0.4 is 4.90 Å². The average Bonchev–Trinajstić information content (AvgIpc) is 3.04. The molecule has 0 aliphatic carbocycles. The highest BCUT2D eigenvalue weighted by Gasteiger charge is 2.19. The SMILES string of the molecule is CN1CCN(c2nc(-c3ccc(O)cc3)cc3ccsc23)CC1. The molecule has 1 N–H and O–H groups in total. The van der Waals surface area contributed by atoms with Gasteiger partial charge in [-0.05, 0) is 54.2 Å². The van der Waals surface area contributed by atoms with Gasteiger partial charge >= 0.3 is 0 Å². The van der Waals surface area contributed by atoms with Gasteiger partial charge in [-0.2, -0.15) is 0 Å². The van der Waals surface area contributed by atoms with Crippen molar-refractivity contribution >= 4 is 27.2 Å². The van der Waals surface area contributed by atoms with Gasteiger partial charge in [0, 0.05) is 31.7 Å². The van der Waals surface area contributed by atoms with Gasteiger partial charge in [-0.15, -0.1) is 11.3 Å². The Morgan fingerprint density at radius 2 is 1.78 bits per heavy atom. The number of pyridine rings is 1. The fourth-order valence-electron chi connectivity index (χ4n) is 2.97. The number of benzene rings is 1. The third kappa shape index (κ3) is 2.78. The number of fused-ring (bicyclic) bond motifs is 1. The number of aromatic hydroxyl groups is 1. The molecule has 1 aromatic carbocycles. The first-order chi connectivity index (χ1) is 11.2. The number of hydrogen-bond acceptors (Lipinski definition) is 5. The predicted octanol–water partition coefficient (Wildman–Crippen LogP) is 3.42. The van der Waals surface area contributed by atoms with Crippen molar-refractivity contribution in [2.45, 2.75) is 0 Å². The van der Waals surface area contributed by atoms with E-state index in [9.17, 15) is 5.11 Å². The van der Waals surface area contributed by atoms with E-state index in [1.807, 2.05) is 12.1 Å². The van der Waals surface area contributed by atoms with Crippen LogP contribution in [0.5, 0.6) is 5.75 Å². The number of hydrogen-bond donors (Lipinski definition) is 1. The second kappa shape index (κ2) is 5.83. The topological polar surface area (TPSA) is 39.6 Å². The van der Waals surface area contributed by atoms with E-state index in [4.69, 9.17) is 4.98 Å². The van der Waals surface area contributed by atoms with Crippen LogP contribution in [0.2, 0.25) is 0 Å². The quantitative estimate of drug-likeness (QED) is 0.784. The van der Waals surface area contributed by atoms with Crippen LogP contribution in [0.3, 0.4) is 0 Å². The highest BCUT2D eigenvalue weighted by molar-refractivity contribution is 7.17. The zero-order chi connectivity index (χ0) is 15.8. The molecule has 1 aliphatic heterocycles. The molecule has 1 fully saturated rings. The zero-order valence-electron chi connectivity index (χ0n) is 13.1. The van der Waals surface area contributed by atoms with E-state index in [1.165, 1.54) is 10.1 Å². The van der Waals surface area contributed by atoms with Gasteiger partial charge in [-0.1, -0.05) is 0 Å². The van der Waals surface area contributed by atoms with Gasteiger partial charge in [0.25, 0.3) is 0 Å². The van der Waals surface area contributed by atoms with Crippen LogP contribution in [0.4, 0.5) is 5.82 Å². The van der Waals surface area contributed by atoms with Crippen LogP contribution in [0, 0.1) is 0 Å². The van der Waals surface area contributed by atoms with Crippen LogP contribution in [0.1, 0.15) is 0 Å². The molecule has 1 saturated heterocycles. The van der Waals surface area contributed by atoms with Crippen molar-refractivity contribution in [3.8, 4) is 17.0 Å². The summed E-state index contributed by atoms with van der Waals surface area (Å²) in [6.45, 7) is 4.15. The number of aromatic nitrogens is 1. The second-order valence-corrected chi connectivity index (χ2v) is 6.92. The monoisotopic (exact) mass is 325 g/mol. The normalized spacial score (nSPS) is 16.1. The molecule has 0 amide bonds. The van der Waals surface area contributed by atoms with E-state index in [0.717, 1.165) is 43.3 Å². The van der Waals surface area contributed by atoms with Crippen LogP contribution in [0.15, 0.2) is 41.8 Å². The lowest BCUT2D eigenvalue weighted by Gasteiger charge is -2.33. The van der Waals surface area contributed by atoms with E-state index in [0.29, 0.717) is 0 Å². The largest absolute Gasteiger partial charge is 0.508 e. The fourth-order valence-corrected chi connectivity index (χ4v) is 3.87. The van der Waals surface area contributed by atoms with Crippen molar-refractivity contribution in [3.63, 3.8) is 0 Å². The highest BCUT2D eigenvalue weighted by atomic mass is 32.1. The van der Waals surface area contributed by atoms with Gasteiger partial charge < -0.3 is 14.9 Å². The van der Waals surface area contributed by atoms with Gasteiger partial charge in [-0.3, -0.25) is 0 Å². The molecule has 1 aliphatic rings. The van der Waals surface area contributed by atoms with Gasteiger partial charge in [0.05, 0.1) is 10.4 Å². The van der Waals surface area contributed by atoms with E-state index in [2.05, 4.69) is 34.4 Å². The molecular weight excluding hydrogens is 306 g/mol. The summed E-state index contributed by atoms with van der Waals surface area (Å²) in [4.78, 5) is 9.70. The smallest absolute Gasteiger partial charge is 0.147 e. The minimum absolute atomic E-state index is 0.282. The van der Waals surface area contributed by atoms with Crippen LogP contribution in [-0.2, 0) is 0 Å². The Morgan fingerprint density at radius 3 is 2.52 bits per heavy atom. The number of likely N-dealkylation sites (N-methyl/N-ethyl adjacent to an activating group) is 1. The van der Waals surface area contributed by atoms with Crippen molar-refractivity contribution in [1.82, 2.24) is 9.88 Å². The number of rotatable bonds is 2. The predicted molar refractivity (Wildman–Crippen MR) is 96.4 cm³/mol. The molecule has 0 spiro atoms. The first-order valence-corrected chi connectivity index (χ1v) is 8.70. The zero-order valence-corrected chi connectivity index (χ0v) is 13.9. The van der Waals surface area contributed by atoms with Crippen LogP contribution in [0.25, 0.3) is 21.3 Å². The van der Waals surface area contributed by atoms with Gasteiger partial charge in [-0.25, -0.2) is 4.98 Å². The molecule has 0 bridgehead atoms. The summed E-state index contributed by atoms with van der Waals surface area (Å²) in [6, 6.07) is 11.6. The number of anilines is 1. The van der Waals surface area contributed by atoms with Crippen molar-refractivity contribution < 1.29 is 5.11 Å². The first kappa shape index (κ1) is 14.5. The van der Waals surface area contributed by atoms with Crippen molar-refractivity contribution in [2.24, 2.45) is 0 Å². The maximum Gasteiger partial charge on any atom is 0.147 e. The molecular formula is C18H19N3OS. The molecule has 0 unspecified atom stereocenters. The average molecular weight is 325 g/mol. The summed E-state index contributed by atoms with van der Waals surface area (Å²) in [5, 5.41) is 12.9. The first-order valence-electron chi connectivity index (χ1n) is 7.82. The lowest BCUT2D eigenvalue weighted by atomic mass is 10.1. The van der Waals surface area contributed by atoms with E-state index >= 15 is 0 Å². The Kier molecular flexibility index (Phi) is 3.67. The molecule has 0 radical (unpaired) electrons. The highest BCUT2D eigenvalue weighted by Crippen LogP contribution is 2.34. The van der Waals surface area contributed by atoms with E-state index < -0.39 is 0 Å². The Morgan fingerprint density at radius 1 is 1.04 bits per heavy atom. The molecule has 118 valence electrons. The molecule has 0 saturated carbocycles. The second-order valence-electron chi connectivity index (χ2n) is 6.01. The lowest BCUT2D eigenvalue weighted by molar-refractivity contribution is 0.312. The third-order valence-corrected chi connectivity index (χ3v) is 5.31. The number of phenols is 1. The number of nitrogens with zero attached hydrogens (tertiary/aromatic N) is 3. The van der Waals surface area contributed by atoms with Gasteiger partial charge in [0.1, 0.15) is 11.6 Å². The maximum atomic E-state index is 9.49. The summed E-state index contributed by atoms with van der Waals surface area (Å²) in [6.07, 6.45) is 0. The molecule has 3 heterocycles. The van der Waals surface area contributed by atoms with Crippen molar-refractivity contribution in [3.05, 3.63) is 41.8 Å². The van der Waals surface area contributed by atoms with Gasteiger partial charge in [0.2, 0.25) is 0 Å². The summed E-state index contributed by atoms with van der Waals surface area (Å²) in [7, 11) is 2.17. The fraction of sp³-hybridized carbons (Fsp3) is 0.278. The molecule has 2 aromatic heterocycles. The molecule has 3 aromatic rings. The summed E-state index contributed by atoms with van der Waals surface area (Å²) in [5.41, 5.74) is 2.00. The maximum absolute atomic E-state index is 9.49. The Hall–Kier alpha value is -2.11. The Balaban J connectivity index is 1.79. The summed E-state index contributed by atoms with van der Waals surface area (Å²) < 4.78 is 1.26. The van der Waals surface area contributed by atoms with Crippen LogP contribution >= 0.6 is 11.3 Å². The van der Waals surface area contributed by atoms with E-state index in [-0.39, 0.29) is 5.75 Å². The molecule has 4 rings (SSSR count). The lowest BCUT2D eigenvalue weighted by Crippen LogP contribution is -2.44. The number of thiophene rings is 1. The minimum atomic E-state index is 0.282. The van der Waals surface area contributed by atoms with Crippen molar-refractivity contribution in [2.75, 3.05) is 38.1 Å². The molecule has 4 nitrogen and oxygen atoms in total. The molecule has 0 atom stereocenters. The Labute approximate surface area is 139 Å². The standard InChI is InChI=1S/C18H19N3OS/c1-20-7-9-21(10-8-20)18-17-14(6-11-23-17)12-16(19-18)13-2-4-15(22)5-3-13/h2-6,11-12,22H,7-10H2,1H3. The third-order valence-electron chi connectivity index (χ3n) is 4.38. The van der Waals surface area contributed by atoms with Crippen molar-refractivity contribution in [1.29, 1.82) is 0 Å². The summed E-state index contributed by atoms with van der Waals surface area (Å²) >= 11 is 1.76. The van der Waals surface area contributed by atoms with Crippen LogP contribution in [-0.4, -0.2) is 48.2 Å². The number of phenolic OH excluding ortho intramolecular Hbond substituents is 1. The minimum Gasteiger partial charge on any atom is -0.508 e.